The highest BCUT2D eigenvalue weighted by Gasteiger charge is 2.57. The fourth-order valence-electron chi connectivity index (χ4n) is 8.02. The van der Waals surface area contributed by atoms with Crippen molar-refractivity contribution in [2.75, 3.05) is 0 Å². The minimum atomic E-state index is 0.542. The Morgan fingerprint density at radius 3 is 2.57 bits per heavy atom. The lowest BCUT2D eigenvalue weighted by molar-refractivity contribution is -0.114. The lowest BCUT2D eigenvalue weighted by atomic mass is 9.42. The van der Waals surface area contributed by atoms with Crippen molar-refractivity contribution in [2.45, 2.75) is 91.9 Å². The summed E-state index contributed by atoms with van der Waals surface area (Å²) in [7, 11) is 0. The lowest BCUT2D eigenvalue weighted by Crippen LogP contribution is -2.54. The summed E-state index contributed by atoms with van der Waals surface area (Å²) in [6, 6.07) is 0. The van der Waals surface area contributed by atoms with Gasteiger partial charge in [0.05, 0.1) is 0 Å². The van der Waals surface area contributed by atoms with E-state index >= 15 is 0 Å². The van der Waals surface area contributed by atoms with E-state index in [4.69, 9.17) is 0 Å². The monoisotopic (exact) mass is 314 g/mol. The van der Waals surface area contributed by atoms with Crippen LogP contribution in [0.2, 0.25) is 0 Å². The highest BCUT2D eigenvalue weighted by molar-refractivity contribution is 5.22. The Kier molecular flexibility index (Phi) is 3.97. The molecule has 0 bridgehead atoms. The second-order valence-corrected chi connectivity index (χ2v) is 10.2. The molecule has 4 rings (SSSR count). The van der Waals surface area contributed by atoms with Gasteiger partial charge in [-0.1, -0.05) is 45.3 Å². The predicted octanol–water partition coefficient (Wildman–Crippen LogP) is 7.00. The smallest absolute Gasteiger partial charge is 0.00852 e. The Morgan fingerprint density at radius 1 is 0.957 bits per heavy atom. The molecule has 7 unspecified atom stereocenters. The van der Waals surface area contributed by atoms with Crippen LogP contribution in [0, 0.1) is 40.4 Å². The molecular formula is C23H38. The first kappa shape index (κ1) is 16.2. The van der Waals surface area contributed by atoms with Crippen LogP contribution < -0.4 is 0 Å². The number of allylic oxidation sites excluding steroid dienone is 2. The SMILES string of the molecule is C/C=C1/CC(C)CC2C3CCC4CCCCC4(C)C3CCC12C. The molecule has 4 aliphatic carbocycles. The highest BCUT2D eigenvalue weighted by Crippen LogP contribution is 2.66. The summed E-state index contributed by atoms with van der Waals surface area (Å²) in [5, 5.41) is 0. The molecule has 4 saturated carbocycles. The third kappa shape index (κ3) is 2.30. The van der Waals surface area contributed by atoms with Crippen LogP contribution >= 0.6 is 0 Å². The van der Waals surface area contributed by atoms with E-state index in [9.17, 15) is 0 Å². The van der Waals surface area contributed by atoms with Gasteiger partial charge in [0.1, 0.15) is 0 Å². The highest BCUT2D eigenvalue weighted by atomic mass is 14.6. The number of hydrogen-bond donors (Lipinski definition) is 0. The van der Waals surface area contributed by atoms with Crippen molar-refractivity contribution in [3.05, 3.63) is 11.6 Å². The molecule has 4 fully saturated rings. The summed E-state index contributed by atoms with van der Waals surface area (Å²) in [5.74, 6) is 5.03. The second-order valence-electron chi connectivity index (χ2n) is 10.2. The van der Waals surface area contributed by atoms with Crippen LogP contribution in [0.3, 0.4) is 0 Å². The van der Waals surface area contributed by atoms with E-state index in [0.717, 1.165) is 29.6 Å². The molecule has 0 aromatic heterocycles. The summed E-state index contributed by atoms with van der Waals surface area (Å²) in [6.07, 6.45) is 17.6. The lowest BCUT2D eigenvalue weighted by Gasteiger charge is -2.63. The van der Waals surface area contributed by atoms with E-state index in [-0.39, 0.29) is 0 Å². The Bertz CT molecular complexity index is 488. The molecule has 0 heteroatoms. The van der Waals surface area contributed by atoms with Gasteiger partial charge < -0.3 is 0 Å². The summed E-state index contributed by atoms with van der Waals surface area (Å²) >= 11 is 0. The molecule has 0 aromatic rings. The van der Waals surface area contributed by atoms with Crippen LogP contribution in [-0.4, -0.2) is 0 Å². The first-order valence-corrected chi connectivity index (χ1v) is 10.6. The van der Waals surface area contributed by atoms with Crippen molar-refractivity contribution >= 4 is 0 Å². The average molecular weight is 315 g/mol. The molecule has 0 radical (unpaired) electrons. The maximum Gasteiger partial charge on any atom is -0.00852 e. The predicted molar refractivity (Wildman–Crippen MR) is 99.3 cm³/mol. The number of rotatable bonds is 0. The van der Waals surface area contributed by atoms with Gasteiger partial charge in [0, 0.05) is 0 Å². The van der Waals surface area contributed by atoms with Crippen LogP contribution in [0.25, 0.3) is 0 Å². The van der Waals surface area contributed by atoms with E-state index in [2.05, 4.69) is 33.8 Å². The largest absolute Gasteiger partial charge is 0.0879 e. The van der Waals surface area contributed by atoms with E-state index in [1.807, 2.05) is 5.57 Å². The van der Waals surface area contributed by atoms with E-state index < -0.39 is 0 Å². The molecule has 0 N–H and O–H groups in total. The van der Waals surface area contributed by atoms with Crippen molar-refractivity contribution in [3.63, 3.8) is 0 Å². The van der Waals surface area contributed by atoms with Crippen molar-refractivity contribution in [2.24, 2.45) is 40.4 Å². The van der Waals surface area contributed by atoms with Crippen LogP contribution in [-0.2, 0) is 0 Å². The zero-order valence-corrected chi connectivity index (χ0v) is 16.0. The van der Waals surface area contributed by atoms with E-state index in [0.29, 0.717) is 10.8 Å². The van der Waals surface area contributed by atoms with Gasteiger partial charge in [-0.25, -0.2) is 0 Å². The van der Waals surface area contributed by atoms with Crippen LogP contribution in [0.4, 0.5) is 0 Å². The molecule has 0 amide bonds. The third-order valence-corrected chi connectivity index (χ3v) is 9.28. The quantitative estimate of drug-likeness (QED) is 0.422. The molecule has 130 valence electrons. The maximum atomic E-state index is 2.71. The molecule has 0 heterocycles. The fourth-order valence-corrected chi connectivity index (χ4v) is 8.02. The molecule has 0 aliphatic heterocycles. The van der Waals surface area contributed by atoms with Crippen molar-refractivity contribution in [1.29, 1.82) is 0 Å². The Balaban J connectivity index is 1.67. The summed E-state index contributed by atoms with van der Waals surface area (Å²) in [5.41, 5.74) is 3.05. The maximum absolute atomic E-state index is 2.71. The molecule has 23 heavy (non-hydrogen) atoms. The van der Waals surface area contributed by atoms with Crippen molar-refractivity contribution in [3.8, 4) is 0 Å². The third-order valence-electron chi connectivity index (χ3n) is 9.28. The zero-order chi connectivity index (χ0) is 16.2. The van der Waals surface area contributed by atoms with Gasteiger partial charge >= 0.3 is 0 Å². The minimum absolute atomic E-state index is 0.542. The molecule has 7 atom stereocenters. The molecule has 0 saturated heterocycles. The zero-order valence-electron chi connectivity index (χ0n) is 16.0. The Hall–Kier alpha value is -0.260. The average Bonchev–Trinajstić information content (AvgIpc) is 2.54. The normalized spacial score (nSPS) is 55.0. The molecule has 0 aromatic carbocycles. The van der Waals surface area contributed by atoms with Gasteiger partial charge in [0.2, 0.25) is 0 Å². The minimum Gasteiger partial charge on any atom is -0.0879 e. The summed E-state index contributed by atoms with van der Waals surface area (Å²) < 4.78 is 0. The summed E-state index contributed by atoms with van der Waals surface area (Å²) in [6.45, 7) is 10.2. The molecular weight excluding hydrogens is 276 g/mol. The Morgan fingerprint density at radius 2 is 1.78 bits per heavy atom. The first-order valence-electron chi connectivity index (χ1n) is 10.6. The van der Waals surface area contributed by atoms with Gasteiger partial charge in [-0.15, -0.1) is 0 Å². The second kappa shape index (κ2) is 5.63. The van der Waals surface area contributed by atoms with Crippen molar-refractivity contribution < 1.29 is 0 Å². The van der Waals surface area contributed by atoms with Gasteiger partial charge in [0.25, 0.3) is 0 Å². The van der Waals surface area contributed by atoms with Crippen molar-refractivity contribution in [1.82, 2.24) is 0 Å². The topological polar surface area (TPSA) is 0 Å². The van der Waals surface area contributed by atoms with Gasteiger partial charge in [-0.3, -0.25) is 0 Å². The Labute approximate surface area is 144 Å². The fraction of sp³-hybridized carbons (Fsp3) is 0.913. The van der Waals surface area contributed by atoms with Gasteiger partial charge in [-0.05, 0) is 98.7 Å². The summed E-state index contributed by atoms with van der Waals surface area (Å²) in [4.78, 5) is 0. The van der Waals surface area contributed by atoms with E-state index in [1.54, 1.807) is 12.8 Å². The van der Waals surface area contributed by atoms with E-state index in [1.165, 1.54) is 51.4 Å². The van der Waals surface area contributed by atoms with Crippen LogP contribution in [0.15, 0.2) is 11.6 Å². The van der Waals surface area contributed by atoms with Crippen LogP contribution in [0.5, 0.6) is 0 Å². The molecule has 0 nitrogen and oxygen atoms in total. The van der Waals surface area contributed by atoms with Crippen LogP contribution in [0.1, 0.15) is 91.9 Å². The molecule has 4 aliphatic rings. The van der Waals surface area contributed by atoms with Gasteiger partial charge in [-0.2, -0.15) is 0 Å². The standard InChI is InChI=1S/C23H38/c1-5-17-14-16(2)15-21-19-10-9-18-8-6-7-12-22(18,3)20(19)11-13-23(17,21)4/h5,16,18-21H,6-15H2,1-4H3/b17-5-. The number of fused-ring (bicyclic) bond motifs is 5. The first-order chi connectivity index (χ1) is 11.0. The van der Waals surface area contributed by atoms with Gasteiger partial charge in [0.15, 0.2) is 0 Å². The number of hydrogen-bond acceptors (Lipinski definition) is 0. The molecule has 0 spiro atoms.